The fourth-order valence-electron chi connectivity index (χ4n) is 4.29. The van der Waals surface area contributed by atoms with Gasteiger partial charge in [-0.2, -0.15) is 0 Å². The van der Waals surface area contributed by atoms with Gasteiger partial charge in [-0.05, 0) is 62.7 Å². The number of esters is 1. The van der Waals surface area contributed by atoms with Crippen molar-refractivity contribution in [3.05, 3.63) is 12.2 Å². The van der Waals surface area contributed by atoms with E-state index in [1.165, 1.54) is 38.5 Å². The molecule has 2 nitrogen and oxygen atoms in total. The topological polar surface area (TPSA) is 26.3 Å². The molecule has 0 unspecified atom stereocenters. The lowest BCUT2D eigenvalue weighted by Gasteiger charge is -2.46. The zero-order valence-electron chi connectivity index (χ0n) is 14.3. The Morgan fingerprint density at radius 2 is 1.62 bits per heavy atom. The van der Waals surface area contributed by atoms with E-state index in [1.54, 1.807) is 6.92 Å². The van der Waals surface area contributed by atoms with E-state index in [0.717, 1.165) is 18.8 Å². The summed E-state index contributed by atoms with van der Waals surface area (Å²) < 4.78 is 6.05. The molecule has 2 aliphatic carbocycles. The highest BCUT2D eigenvalue weighted by Gasteiger charge is 2.47. The van der Waals surface area contributed by atoms with Crippen LogP contribution in [0.2, 0.25) is 0 Å². The fraction of sp³-hybridized carbons (Fsp3) is 0.842. The summed E-state index contributed by atoms with van der Waals surface area (Å²) >= 11 is 0. The molecule has 2 heteroatoms. The van der Waals surface area contributed by atoms with Gasteiger partial charge in [-0.3, -0.25) is 0 Å². The number of rotatable bonds is 3. The molecule has 0 aromatic heterocycles. The van der Waals surface area contributed by atoms with Gasteiger partial charge in [-0.25, -0.2) is 4.79 Å². The summed E-state index contributed by atoms with van der Waals surface area (Å²) in [6, 6.07) is 0. The number of hydrogen-bond donors (Lipinski definition) is 0. The molecule has 2 aliphatic rings. The number of carbonyl (C=O) groups is 1. The molecule has 2 fully saturated rings. The van der Waals surface area contributed by atoms with E-state index in [1.807, 2.05) is 0 Å². The van der Waals surface area contributed by atoms with Crippen LogP contribution in [-0.2, 0) is 9.53 Å². The number of hydrogen-bond acceptors (Lipinski definition) is 2. The van der Waals surface area contributed by atoms with Gasteiger partial charge in [0.15, 0.2) is 0 Å². The normalized spacial score (nSPS) is 31.1. The van der Waals surface area contributed by atoms with Crippen LogP contribution in [0.1, 0.15) is 79.1 Å². The van der Waals surface area contributed by atoms with Crippen LogP contribution in [0.15, 0.2) is 12.2 Å². The van der Waals surface area contributed by atoms with Crippen molar-refractivity contribution in [1.29, 1.82) is 0 Å². The van der Waals surface area contributed by atoms with E-state index in [4.69, 9.17) is 4.74 Å². The summed E-state index contributed by atoms with van der Waals surface area (Å²) in [6.45, 7) is 12.5. The van der Waals surface area contributed by atoms with Gasteiger partial charge < -0.3 is 4.74 Å². The smallest absolute Gasteiger partial charge is 0.333 e. The Labute approximate surface area is 130 Å². The highest BCUT2D eigenvalue weighted by atomic mass is 16.6. The molecule has 21 heavy (non-hydrogen) atoms. The summed E-state index contributed by atoms with van der Waals surface area (Å²) in [7, 11) is 0. The molecule has 0 bridgehead atoms. The number of carbonyl (C=O) groups excluding carboxylic acids is 1. The maximum Gasteiger partial charge on any atom is 0.333 e. The molecule has 0 amide bonds. The van der Waals surface area contributed by atoms with E-state index in [-0.39, 0.29) is 11.6 Å². The Balaban J connectivity index is 2.11. The summed E-state index contributed by atoms with van der Waals surface area (Å²) in [5.74, 6) is 1.13. The highest BCUT2D eigenvalue weighted by Crippen LogP contribution is 2.49. The minimum Gasteiger partial charge on any atom is -0.455 e. The second kappa shape index (κ2) is 6.14. The SMILES string of the molecule is C=C(C)C(=O)OC1(C2CCCC2)CCC(C(C)(C)C)CC1. The van der Waals surface area contributed by atoms with Crippen molar-refractivity contribution in [2.45, 2.75) is 84.7 Å². The summed E-state index contributed by atoms with van der Waals surface area (Å²) in [4.78, 5) is 12.1. The van der Waals surface area contributed by atoms with Crippen LogP contribution in [0.25, 0.3) is 0 Å². The Hall–Kier alpha value is -0.790. The lowest BCUT2D eigenvalue weighted by Crippen LogP contribution is -2.46. The van der Waals surface area contributed by atoms with Gasteiger partial charge in [0.05, 0.1) is 0 Å². The first-order valence-electron chi connectivity index (χ1n) is 8.63. The van der Waals surface area contributed by atoms with Crippen molar-refractivity contribution >= 4 is 5.97 Å². The molecule has 0 N–H and O–H groups in total. The molecule has 0 heterocycles. The Bertz CT molecular complexity index is 388. The van der Waals surface area contributed by atoms with Crippen LogP contribution in [0.5, 0.6) is 0 Å². The largest absolute Gasteiger partial charge is 0.455 e. The maximum absolute atomic E-state index is 12.1. The third-order valence-electron chi connectivity index (χ3n) is 5.80. The molecule has 0 aromatic rings. The lowest BCUT2D eigenvalue weighted by atomic mass is 9.65. The van der Waals surface area contributed by atoms with Crippen molar-refractivity contribution in [2.24, 2.45) is 17.3 Å². The molecule has 2 saturated carbocycles. The fourth-order valence-corrected chi connectivity index (χ4v) is 4.29. The van der Waals surface area contributed by atoms with Gasteiger partial charge in [-0.1, -0.05) is 40.2 Å². The summed E-state index contributed by atoms with van der Waals surface area (Å²) in [6.07, 6.45) is 9.48. The molecule has 2 rings (SSSR count). The van der Waals surface area contributed by atoms with E-state index < -0.39 is 0 Å². The monoisotopic (exact) mass is 292 g/mol. The van der Waals surface area contributed by atoms with Crippen molar-refractivity contribution in [3.8, 4) is 0 Å². The first-order valence-corrected chi connectivity index (χ1v) is 8.63. The van der Waals surface area contributed by atoms with Crippen molar-refractivity contribution < 1.29 is 9.53 Å². The van der Waals surface area contributed by atoms with Gasteiger partial charge in [-0.15, -0.1) is 0 Å². The molecular weight excluding hydrogens is 260 g/mol. The maximum atomic E-state index is 12.1. The average molecular weight is 292 g/mol. The van der Waals surface area contributed by atoms with Gasteiger partial charge in [0, 0.05) is 5.57 Å². The van der Waals surface area contributed by atoms with Crippen molar-refractivity contribution in [3.63, 3.8) is 0 Å². The molecule has 0 spiro atoms. The van der Waals surface area contributed by atoms with Crippen molar-refractivity contribution in [1.82, 2.24) is 0 Å². The van der Waals surface area contributed by atoms with Crippen LogP contribution < -0.4 is 0 Å². The average Bonchev–Trinajstić information content (AvgIpc) is 2.92. The van der Waals surface area contributed by atoms with Crippen LogP contribution in [0.4, 0.5) is 0 Å². The molecular formula is C19H32O2. The predicted octanol–water partition coefficient (Wildman–Crippen LogP) is 5.27. The Kier molecular flexibility index (Phi) is 4.85. The van der Waals surface area contributed by atoms with Gasteiger partial charge >= 0.3 is 5.97 Å². The second-order valence-corrected chi connectivity index (χ2v) is 8.36. The van der Waals surface area contributed by atoms with Gasteiger partial charge in [0.25, 0.3) is 0 Å². The number of ether oxygens (including phenoxy) is 1. The second-order valence-electron chi connectivity index (χ2n) is 8.36. The molecule has 0 aliphatic heterocycles. The van der Waals surface area contributed by atoms with Crippen LogP contribution in [-0.4, -0.2) is 11.6 Å². The summed E-state index contributed by atoms with van der Waals surface area (Å²) in [5, 5.41) is 0. The molecule has 0 saturated heterocycles. The van der Waals surface area contributed by atoms with E-state index >= 15 is 0 Å². The van der Waals surface area contributed by atoms with E-state index in [2.05, 4.69) is 27.4 Å². The van der Waals surface area contributed by atoms with Crippen molar-refractivity contribution in [2.75, 3.05) is 0 Å². The Morgan fingerprint density at radius 3 is 2.05 bits per heavy atom. The molecule has 0 aromatic carbocycles. The zero-order chi connectivity index (χ0) is 15.7. The quantitative estimate of drug-likeness (QED) is 0.523. The first-order chi connectivity index (χ1) is 9.74. The molecule has 0 radical (unpaired) electrons. The van der Waals surface area contributed by atoms with E-state index in [9.17, 15) is 4.79 Å². The minimum absolute atomic E-state index is 0.184. The lowest BCUT2D eigenvalue weighted by molar-refractivity contribution is -0.169. The minimum atomic E-state index is -0.200. The highest BCUT2D eigenvalue weighted by molar-refractivity contribution is 5.87. The van der Waals surface area contributed by atoms with E-state index in [0.29, 0.717) is 16.9 Å². The van der Waals surface area contributed by atoms with Crippen LogP contribution in [0, 0.1) is 17.3 Å². The van der Waals surface area contributed by atoms with Crippen LogP contribution in [0.3, 0.4) is 0 Å². The first kappa shape index (κ1) is 16.6. The Morgan fingerprint density at radius 1 is 1.10 bits per heavy atom. The van der Waals surface area contributed by atoms with Gasteiger partial charge in [0.1, 0.15) is 5.60 Å². The zero-order valence-corrected chi connectivity index (χ0v) is 14.3. The molecule has 120 valence electrons. The third kappa shape index (κ3) is 3.70. The molecule has 0 atom stereocenters. The predicted molar refractivity (Wildman–Crippen MR) is 87.0 cm³/mol. The third-order valence-corrected chi connectivity index (χ3v) is 5.80. The standard InChI is InChI=1S/C19H32O2/c1-14(2)17(20)21-19(16-8-6-7-9-16)12-10-15(11-13-19)18(3,4)5/h15-16H,1,6-13H2,2-5H3. The van der Waals surface area contributed by atoms with Gasteiger partial charge in [0.2, 0.25) is 0 Å². The summed E-state index contributed by atoms with van der Waals surface area (Å²) in [5.41, 5.74) is 0.694. The van der Waals surface area contributed by atoms with Crippen LogP contribution >= 0.6 is 0 Å².